The third kappa shape index (κ3) is 38.9. The first kappa shape index (κ1) is 54.6. The molecule has 0 saturated heterocycles. The van der Waals surface area contributed by atoms with Crippen molar-refractivity contribution >= 4 is 31.5 Å². The van der Waals surface area contributed by atoms with Crippen LogP contribution in [0.15, 0.2) is 24.3 Å². The molecule has 12 nitrogen and oxygen atoms in total. The van der Waals surface area contributed by atoms with Gasteiger partial charge in [-0.3, -0.25) is 28.2 Å². The van der Waals surface area contributed by atoms with Gasteiger partial charge in [0, 0.05) is 19.3 Å². The first-order valence-corrected chi connectivity index (χ1v) is 23.8. The summed E-state index contributed by atoms with van der Waals surface area (Å²) >= 11 is 0. The first-order valence-electron chi connectivity index (χ1n) is 22.3. The molecule has 0 aliphatic carbocycles. The van der Waals surface area contributed by atoms with Gasteiger partial charge in [-0.25, -0.2) is 4.57 Å². The van der Waals surface area contributed by atoms with Crippen LogP contribution in [-0.4, -0.2) is 65.7 Å². The molecule has 332 valence electrons. The smallest absolute Gasteiger partial charge is 0.472 e. The van der Waals surface area contributed by atoms with E-state index in [1.165, 1.54) is 96.3 Å². The highest BCUT2D eigenvalue weighted by Gasteiger charge is 2.28. The molecule has 0 fully saturated rings. The zero-order valence-electron chi connectivity index (χ0n) is 35.7. The zero-order chi connectivity index (χ0) is 42.2. The van der Waals surface area contributed by atoms with E-state index in [1.54, 1.807) is 12.2 Å². The number of carbonyl (C=O) groups is 4. The Morgan fingerprint density at radius 2 is 1.02 bits per heavy atom. The van der Waals surface area contributed by atoms with E-state index in [0.717, 1.165) is 57.8 Å². The number of phosphoric acid groups is 1. The summed E-state index contributed by atoms with van der Waals surface area (Å²) in [5.41, 5.74) is 5.32. The quantitative estimate of drug-likeness (QED) is 0.0174. The van der Waals surface area contributed by atoms with Crippen LogP contribution in [0, 0.1) is 0 Å². The number of carbonyl (C=O) groups excluding carboxylic acids is 3. The molecule has 3 atom stereocenters. The molecule has 0 aliphatic heterocycles. The molecule has 4 N–H and O–H groups in total. The Balaban J connectivity index is 4.40. The maximum Gasteiger partial charge on any atom is 0.472 e. The van der Waals surface area contributed by atoms with Gasteiger partial charge in [0.1, 0.15) is 12.6 Å². The van der Waals surface area contributed by atoms with E-state index in [9.17, 15) is 28.6 Å². The average molecular weight is 830 g/mol. The van der Waals surface area contributed by atoms with Crippen molar-refractivity contribution in [1.82, 2.24) is 0 Å². The molecular formula is C44H80NO11P. The molecule has 13 heteroatoms. The van der Waals surface area contributed by atoms with Crippen molar-refractivity contribution in [3.05, 3.63) is 24.3 Å². The fraction of sp³-hybridized carbons (Fsp3) is 0.818. The lowest BCUT2D eigenvalue weighted by molar-refractivity contribution is -0.161. The van der Waals surface area contributed by atoms with E-state index < -0.39 is 51.1 Å². The SMILES string of the molecule is CCCCC/C=C\C=C\C(=O)CCCCCCCC(=O)O[C@H](COC(=O)CCCCCCCCCCCCCCCCCCC)COP(=O)(O)OC[C@H](N)C(=O)O. The van der Waals surface area contributed by atoms with Crippen LogP contribution in [0.5, 0.6) is 0 Å². The van der Waals surface area contributed by atoms with E-state index in [0.29, 0.717) is 19.3 Å². The lowest BCUT2D eigenvalue weighted by atomic mass is 10.0. The molecule has 0 saturated carbocycles. The standard InChI is InChI=1S/C44H80NO11P/c1-3-5-7-9-11-12-13-14-15-16-17-18-19-20-22-26-30-34-42(47)53-36-40(37-54-57(51,52)55-38-41(45)44(49)50)56-43(48)35-31-27-23-25-29-33-39(46)32-28-24-21-10-8-6-4-2/h21,24,28,32,40-41H,3-20,22-23,25-27,29-31,33-38,45H2,1-2H3,(H,49,50)(H,51,52)/b24-21-,32-28+/t40-,41+/m1/s1. The topological polar surface area (TPSA) is 189 Å². The van der Waals surface area contributed by atoms with E-state index in [4.69, 9.17) is 24.8 Å². The molecule has 0 aliphatic rings. The van der Waals surface area contributed by atoms with Crippen molar-refractivity contribution in [3.63, 3.8) is 0 Å². The van der Waals surface area contributed by atoms with E-state index in [-0.39, 0.29) is 25.2 Å². The van der Waals surface area contributed by atoms with Gasteiger partial charge in [-0.1, -0.05) is 167 Å². The first-order chi connectivity index (χ1) is 27.5. The fourth-order valence-electron chi connectivity index (χ4n) is 6.11. The number of hydrogen-bond donors (Lipinski definition) is 3. The molecule has 0 amide bonds. The third-order valence-corrected chi connectivity index (χ3v) is 10.6. The predicted octanol–water partition coefficient (Wildman–Crippen LogP) is 11.0. The van der Waals surface area contributed by atoms with Crippen LogP contribution >= 0.6 is 7.82 Å². The largest absolute Gasteiger partial charge is 0.480 e. The lowest BCUT2D eigenvalue weighted by Gasteiger charge is -2.20. The Hall–Kier alpha value is -2.37. The van der Waals surface area contributed by atoms with Gasteiger partial charge in [0.2, 0.25) is 0 Å². The number of unbranched alkanes of at least 4 members (excludes halogenated alkanes) is 23. The van der Waals surface area contributed by atoms with Crippen LogP contribution in [0.3, 0.4) is 0 Å². The highest BCUT2D eigenvalue weighted by Crippen LogP contribution is 2.43. The van der Waals surface area contributed by atoms with E-state index in [1.807, 2.05) is 6.08 Å². The number of aliphatic carboxylic acids is 1. The van der Waals surface area contributed by atoms with Crippen LogP contribution < -0.4 is 5.73 Å². The van der Waals surface area contributed by atoms with Gasteiger partial charge >= 0.3 is 25.7 Å². The second-order valence-electron chi connectivity index (χ2n) is 15.2. The van der Waals surface area contributed by atoms with E-state index in [2.05, 4.69) is 24.4 Å². The predicted molar refractivity (Wildman–Crippen MR) is 227 cm³/mol. The molecule has 0 aromatic carbocycles. The highest BCUT2D eigenvalue weighted by molar-refractivity contribution is 7.47. The van der Waals surface area contributed by atoms with Gasteiger partial charge in [0.25, 0.3) is 0 Å². The normalized spacial score (nSPS) is 13.8. The monoisotopic (exact) mass is 830 g/mol. The average Bonchev–Trinajstić information content (AvgIpc) is 3.18. The number of phosphoric ester groups is 1. The number of nitrogens with two attached hydrogens (primary N) is 1. The second-order valence-corrected chi connectivity index (χ2v) is 16.7. The highest BCUT2D eigenvalue weighted by atomic mass is 31.2. The zero-order valence-corrected chi connectivity index (χ0v) is 36.6. The maximum absolute atomic E-state index is 12.6. The Morgan fingerprint density at radius 3 is 1.53 bits per heavy atom. The Kier molecular flexibility index (Phi) is 37.5. The number of esters is 2. The summed E-state index contributed by atoms with van der Waals surface area (Å²) in [7, 11) is -4.74. The minimum atomic E-state index is -4.74. The summed E-state index contributed by atoms with van der Waals surface area (Å²) in [4.78, 5) is 58.0. The van der Waals surface area contributed by atoms with Crippen molar-refractivity contribution in [1.29, 1.82) is 0 Å². The Labute approximate surface area is 345 Å². The molecule has 0 aromatic rings. The van der Waals surface area contributed by atoms with Crippen LogP contribution in [0.2, 0.25) is 0 Å². The van der Waals surface area contributed by atoms with Gasteiger partial charge in [0.15, 0.2) is 11.9 Å². The summed E-state index contributed by atoms with van der Waals surface area (Å²) in [6.07, 6.45) is 36.3. The molecule has 0 bridgehead atoms. The minimum Gasteiger partial charge on any atom is -0.480 e. The van der Waals surface area contributed by atoms with Crippen LogP contribution in [0.4, 0.5) is 0 Å². The molecule has 57 heavy (non-hydrogen) atoms. The van der Waals surface area contributed by atoms with Crippen molar-refractivity contribution in [2.24, 2.45) is 5.73 Å². The fourth-order valence-corrected chi connectivity index (χ4v) is 6.88. The van der Waals surface area contributed by atoms with Crippen LogP contribution in [-0.2, 0) is 42.3 Å². The number of ether oxygens (including phenoxy) is 2. The van der Waals surface area contributed by atoms with Crippen molar-refractivity contribution < 1.29 is 52.3 Å². The summed E-state index contributed by atoms with van der Waals surface area (Å²) in [5.74, 6) is -2.39. The number of allylic oxidation sites excluding steroid dienone is 4. The van der Waals surface area contributed by atoms with Crippen LogP contribution in [0.25, 0.3) is 0 Å². The summed E-state index contributed by atoms with van der Waals surface area (Å²) < 4.78 is 32.6. The lowest BCUT2D eigenvalue weighted by Crippen LogP contribution is -2.34. The number of ketones is 1. The molecule has 1 unspecified atom stereocenters. The van der Waals surface area contributed by atoms with Crippen molar-refractivity contribution in [2.45, 2.75) is 212 Å². The Bertz CT molecular complexity index is 1130. The summed E-state index contributed by atoms with van der Waals surface area (Å²) in [6, 6.07) is -1.54. The van der Waals surface area contributed by atoms with Crippen molar-refractivity contribution in [2.75, 3.05) is 19.8 Å². The Morgan fingerprint density at radius 1 is 0.579 bits per heavy atom. The van der Waals surface area contributed by atoms with Gasteiger partial charge in [-0.15, -0.1) is 0 Å². The van der Waals surface area contributed by atoms with Gasteiger partial charge in [-0.2, -0.15) is 0 Å². The minimum absolute atomic E-state index is 0.0801. The molecule has 0 rings (SSSR count). The number of rotatable bonds is 42. The molecule has 0 heterocycles. The second kappa shape index (κ2) is 39.1. The number of carboxylic acid groups (broad SMARTS) is 1. The van der Waals surface area contributed by atoms with Gasteiger partial charge in [-0.05, 0) is 38.2 Å². The number of carboxylic acids is 1. The molecule has 0 spiro atoms. The summed E-state index contributed by atoms with van der Waals surface area (Å²) in [6.45, 7) is 2.65. The summed E-state index contributed by atoms with van der Waals surface area (Å²) in [5, 5.41) is 8.89. The maximum atomic E-state index is 12.6. The third-order valence-electron chi connectivity index (χ3n) is 9.68. The molecule has 0 aromatic heterocycles. The van der Waals surface area contributed by atoms with Crippen molar-refractivity contribution in [3.8, 4) is 0 Å². The van der Waals surface area contributed by atoms with E-state index >= 15 is 0 Å². The molecule has 0 radical (unpaired) electrons. The number of hydrogen-bond acceptors (Lipinski definition) is 10. The molecular weight excluding hydrogens is 749 g/mol. The van der Waals surface area contributed by atoms with Gasteiger partial charge < -0.3 is 25.2 Å². The van der Waals surface area contributed by atoms with Gasteiger partial charge in [0.05, 0.1) is 13.2 Å². The van der Waals surface area contributed by atoms with Crippen LogP contribution in [0.1, 0.15) is 200 Å².